The first kappa shape index (κ1) is 19.0. The number of carbonyl (C=O) groups excluding carboxylic acids is 1. The maximum atomic E-state index is 12.5. The second-order valence-electron chi connectivity index (χ2n) is 8.90. The molecule has 0 saturated heterocycles. The Morgan fingerprint density at radius 2 is 1.66 bits per heavy atom. The van der Waals surface area contributed by atoms with E-state index in [1.807, 2.05) is 43.3 Å². The minimum Gasteiger partial charge on any atom is -0.492 e. The van der Waals surface area contributed by atoms with Crippen molar-refractivity contribution in [2.75, 3.05) is 6.61 Å². The molecule has 2 aromatic carbocycles. The third kappa shape index (κ3) is 2.43. The first-order valence-corrected chi connectivity index (χ1v) is 10.9. The lowest BCUT2D eigenvalue weighted by atomic mass is 9.94. The molecule has 1 heterocycles. The first-order chi connectivity index (χ1) is 15.5. The van der Waals surface area contributed by atoms with Crippen LogP contribution in [0.1, 0.15) is 54.4 Å². The van der Waals surface area contributed by atoms with Crippen molar-refractivity contribution in [3.63, 3.8) is 0 Å². The van der Waals surface area contributed by atoms with Gasteiger partial charge >= 0.3 is 6.16 Å². The molecule has 0 spiro atoms. The number of fused-ring (bicyclic) bond motifs is 8. The fourth-order valence-corrected chi connectivity index (χ4v) is 5.94. The van der Waals surface area contributed by atoms with Gasteiger partial charge in [-0.05, 0) is 47.1 Å². The number of aromatic nitrogens is 1. The minimum atomic E-state index is -0.975. The lowest BCUT2D eigenvalue weighted by Crippen LogP contribution is -2.22. The van der Waals surface area contributed by atoms with E-state index in [2.05, 4.69) is 19.1 Å². The second kappa shape index (κ2) is 6.66. The van der Waals surface area contributed by atoms with Gasteiger partial charge in [0, 0.05) is 17.4 Å². The number of ether oxygens (including phenoxy) is 1. The van der Waals surface area contributed by atoms with Crippen LogP contribution < -0.4 is 4.84 Å². The van der Waals surface area contributed by atoms with Crippen molar-refractivity contribution in [2.45, 2.75) is 32.1 Å². The summed E-state index contributed by atoms with van der Waals surface area (Å²) in [6.07, 6.45) is -0.136. The van der Waals surface area contributed by atoms with Crippen molar-refractivity contribution in [1.82, 2.24) is 4.73 Å². The van der Waals surface area contributed by atoms with E-state index in [1.54, 1.807) is 0 Å². The van der Waals surface area contributed by atoms with Crippen LogP contribution >= 0.6 is 0 Å². The Kier molecular flexibility index (Phi) is 3.97. The number of nitrogens with zero attached hydrogens (tertiary/aromatic N) is 1. The lowest BCUT2D eigenvalue weighted by Gasteiger charge is -2.15. The highest BCUT2D eigenvalue weighted by molar-refractivity contribution is 5.86. The lowest BCUT2D eigenvalue weighted by molar-refractivity contribution is 0.0337. The molecule has 0 aliphatic heterocycles. The summed E-state index contributed by atoms with van der Waals surface area (Å²) in [5.41, 5.74) is 7.94. The van der Waals surface area contributed by atoms with Gasteiger partial charge in [0.15, 0.2) is 0 Å². The highest BCUT2D eigenvalue weighted by atomic mass is 16.8. The molecule has 3 aromatic rings. The van der Waals surface area contributed by atoms with Gasteiger partial charge in [-0.1, -0.05) is 61.0 Å². The number of hydrogen-bond donors (Lipinski definition) is 2. The van der Waals surface area contributed by atoms with E-state index in [4.69, 9.17) is 9.57 Å². The smallest absolute Gasteiger partial charge is 0.492 e. The number of aromatic hydroxyl groups is 2. The molecule has 0 radical (unpaired) electrons. The summed E-state index contributed by atoms with van der Waals surface area (Å²) in [6, 6.07) is 16.1. The highest BCUT2D eigenvalue weighted by Crippen LogP contribution is 2.61. The van der Waals surface area contributed by atoms with Crippen LogP contribution in [0.15, 0.2) is 54.1 Å². The van der Waals surface area contributed by atoms with Crippen LogP contribution in [0.4, 0.5) is 4.79 Å². The van der Waals surface area contributed by atoms with Crippen LogP contribution in [0.25, 0.3) is 16.7 Å². The summed E-state index contributed by atoms with van der Waals surface area (Å²) in [5, 5.41) is 21.4. The largest absolute Gasteiger partial charge is 0.534 e. The van der Waals surface area contributed by atoms with E-state index < -0.39 is 6.16 Å². The summed E-state index contributed by atoms with van der Waals surface area (Å²) in [5.74, 6) is -0.254. The SMILES string of the molecule is CC1=C2c3c(c(O)n(OC(=O)OCC4c5ccccc5-c5ccccc54)c3O)C(C1)C2C. The predicted octanol–water partition coefficient (Wildman–Crippen LogP) is 5.19. The molecule has 3 aliphatic rings. The van der Waals surface area contributed by atoms with E-state index in [0.717, 1.165) is 39.0 Å². The summed E-state index contributed by atoms with van der Waals surface area (Å²) in [6.45, 7) is 4.22. The molecule has 2 atom stereocenters. The summed E-state index contributed by atoms with van der Waals surface area (Å²) < 4.78 is 6.24. The average molecular weight is 429 g/mol. The molecule has 32 heavy (non-hydrogen) atoms. The molecule has 3 aliphatic carbocycles. The maximum absolute atomic E-state index is 12.5. The third-order valence-electron chi connectivity index (χ3n) is 7.30. The molecule has 0 amide bonds. The van der Waals surface area contributed by atoms with Gasteiger partial charge < -0.3 is 14.9 Å². The molecule has 6 heteroatoms. The van der Waals surface area contributed by atoms with Crippen LogP contribution in [0.2, 0.25) is 0 Å². The normalized spacial score (nSPS) is 20.3. The highest BCUT2D eigenvalue weighted by Gasteiger charge is 2.47. The third-order valence-corrected chi connectivity index (χ3v) is 7.30. The van der Waals surface area contributed by atoms with Gasteiger partial charge in [0.2, 0.25) is 11.8 Å². The molecule has 2 N–H and O–H groups in total. The Morgan fingerprint density at radius 3 is 2.31 bits per heavy atom. The van der Waals surface area contributed by atoms with Crippen molar-refractivity contribution in [3.8, 4) is 22.9 Å². The van der Waals surface area contributed by atoms with Crippen LogP contribution in [0.5, 0.6) is 11.8 Å². The Hall–Kier alpha value is -3.67. The summed E-state index contributed by atoms with van der Waals surface area (Å²) >= 11 is 0. The topological polar surface area (TPSA) is 80.9 Å². The van der Waals surface area contributed by atoms with Crippen LogP contribution in [-0.4, -0.2) is 27.7 Å². The van der Waals surface area contributed by atoms with E-state index in [9.17, 15) is 15.0 Å². The number of rotatable bonds is 3. The molecule has 6 nitrogen and oxygen atoms in total. The van der Waals surface area contributed by atoms with Gasteiger partial charge in [-0.2, -0.15) is 0 Å². The van der Waals surface area contributed by atoms with E-state index in [1.165, 1.54) is 5.57 Å². The van der Waals surface area contributed by atoms with Crippen molar-refractivity contribution >= 4 is 11.7 Å². The predicted molar refractivity (Wildman–Crippen MR) is 119 cm³/mol. The van der Waals surface area contributed by atoms with Gasteiger partial charge in [-0.25, -0.2) is 4.79 Å². The molecule has 6 rings (SSSR count). The molecule has 162 valence electrons. The van der Waals surface area contributed by atoms with Crippen LogP contribution in [0, 0.1) is 5.92 Å². The fourth-order valence-electron chi connectivity index (χ4n) is 5.94. The molecule has 0 fully saturated rings. The van der Waals surface area contributed by atoms with Crippen molar-refractivity contribution < 1.29 is 24.6 Å². The van der Waals surface area contributed by atoms with Gasteiger partial charge in [-0.15, -0.1) is 4.73 Å². The van der Waals surface area contributed by atoms with Crippen molar-refractivity contribution in [3.05, 3.63) is 76.4 Å². The fraction of sp³-hybridized carbons (Fsp3) is 0.269. The molecule has 2 unspecified atom stereocenters. The van der Waals surface area contributed by atoms with Crippen LogP contribution in [0.3, 0.4) is 0 Å². The first-order valence-electron chi connectivity index (χ1n) is 10.9. The molecule has 2 bridgehead atoms. The van der Waals surface area contributed by atoms with Crippen LogP contribution in [-0.2, 0) is 4.74 Å². The Bertz CT molecular complexity index is 1270. The molecular formula is C26H23NO5. The number of carbonyl (C=O) groups is 1. The standard InChI is InChI=1S/C26H23NO5/c1-13-11-19-14(2)21(13)23-22(19)24(28)27(25(23)29)32-26(30)31-12-20-17-9-5-3-7-15(17)16-8-4-6-10-18(16)20/h3-10,14,19-20,28-29H,11-12H2,1-2H3. The van der Waals surface area contributed by atoms with Crippen molar-refractivity contribution in [2.24, 2.45) is 5.92 Å². The molecule has 1 aromatic heterocycles. The van der Waals surface area contributed by atoms with Gasteiger partial charge in [-0.3, -0.25) is 4.84 Å². The van der Waals surface area contributed by atoms with Crippen molar-refractivity contribution in [1.29, 1.82) is 0 Å². The minimum absolute atomic E-state index is 0.0956. The summed E-state index contributed by atoms with van der Waals surface area (Å²) in [4.78, 5) is 17.8. The zero-order valence-corrected chi connectivity index (χ0v) is 17.8. The maximum Gasteiger partial charge on any atom is 0.534 e. The number of allylic oxidation sites excluding steroid dienone is 2. The number of benzene rings is 2. The van der Waals surface area contributed by atoms with E-state index >= 15 is 0 Å². The average Bonchev–Trinajstić information content (AvgIpc) is 3.44. The molecular weight excluding hydrogens is 406 g/mol. The second-order valence-corrected chi connectivity index (χ2v) is 8.90. The van der Waals surface area contributed by atoms with E-state index in [-0.39, 0.29) is 36.1 Å². The Labute approximate surface area is 185 Å². The monoisotopic (exact) mass is 429 g/mol. The zero-order valence-electron chi connectivity index (χ0n) is 17.8. The van der Waals surface area contributed by atoms with Gasteiger partial charge in [0.1, 0.15) is 6.61 Å². The quantitative estimate of drug-likeness (QED) is 0.560. The van der Waals surface area contributed by atoms with E-state index in [0.29, 0.717) is 11.1 Å². The summed E-state index contributed by atoms with van der Waals surface area (Å²) in [7, 11) is 0. The zero-order chi connectivity index (χ0) is 22.1. The number of hydrogen-bond acceptors (Lipinski definition) is 5. The van der Waals surface area contributed by atoms with Gasteiger partial charge in [0.25, 0.3) is 0 Å². The Morgan fingerprint density at radius 1 is 1.03 bits per heavy atom. The molecule has 0 saturated carbocycles. The van der Waals surface area contributed by atoms with Gasteiger partial charge in [0.05, 0.1) is 5.56 Å². The Balaban J connectivity index is 1.23.